The molecule has 382 valence electrons. The van der Waals surface area contributed by atoms with E-state index in [4.69, 9.17) is 4.74 Å². The molecule has 0 heterocycles. The van der Waals surface area contributed by atoms with E-state index >= 15 is 0 Å². The molecule has 0 radical (unpaired) electrons. The Morgan fingerprint density at radius 2 is 0.785 bits per heavy atom. The lowest BCUT2D eigenvalue weighted by molar-refractivity contribution is -0.151. The van der Waals surface area contributed by atoms with E-state index in [-0.39, 0.29) is 24.9 Å². The van der Waals surface area contributed by atoms with Crippen molar-refractivity contribution in [1.82, 2.24) is 5.32 Å². The molecule has 0 saturated carbocycles. The van der Waals surface area contributed by atoms with Gasteiger partial charge in [-0.2, -0.15) is 0 Å². The highest BCUT2D eigenvalue weighted by atomic mass is 16.5. The van der Waals surface area contributed by atoms with Gasteiger partial charge in [-0.3, -0.25) is 9.59 Å². The fourth-order valence-corrected chi connectivity index (χ4v) is 8.81. The second kappa shape index (κ2) is 53.0. The molecule has 3 N–H and O–H groups in total. The number of hydrogen-bond acceptors (Lipinski definition) is 5. The summed E-state index contributed by atoms with van der Waals surface area (Å²) in [6, 6.07) is -0.705. The molecule has 3 unspecified atom stereocenters. The van der Waals surface area contributed by atoms with Crippen molar-refractivity contribution in [2.24, 2.45) is 0 Å². The van der Waals surface area contributed by atoms with Crippen LogP contribution in [-0.2, 0) is 14.3 Å². The lowest BCUT2D eigenvalue weighted by atomic mass is 10.0. The maximum Gasteiger partial charge on any atom is 0.306 e. The van der Waals surface area contributed by atoms with Crippen molar-refractivity contribution in [3.8, 4) is 0 Å². The van der Waals surface area contributed by atoms with Crippen LogP contribution in [0.15, 0.2) is 36.5 Å². The van der Waals surface area contributed by atoms with Crippen LogP contribution in [-0.4, -0.2) is 46.9 Å². The van der Waals surface area contributed by atoms with E-state index in [2.05, 4.69) is 62.5 Å². The van der Waals surface area contributed by atoms with Crippen LogP contribution in [0.4, 0.5) is 0 Å². The smallest absolute Gasteiger partial charge is 0.306 e. The standard InChI is InChI=1S/C59H111NO5/c1-4-7-10-13-16-19-22-25-27-28-29-30-32-34-37-40-43-46-49-52-59(64)65-55(50-47-44-41-38-35-33-31-26-23-20-17-14-11-8-5-2)53-58(63)60-56(54-61)57(62)51-48-45-42-39-36-24-21-18-15-12-9-6-3/h17,20,25-27,31,55-57,61-62H,4-16,18-19,21-24,28-30,32-54H2,1-3H3,(H,60,63)/b20-17-,27-25+,31-26-. The highest BCUT2D eigenvalue weighted by Gasteiger charge is 2.24. The van der Waals surface area contributed by atoms with Gasteiger partial charge in [-0.25, -0.2) is 0 Å². The Morgan fingerprint density at radius 3 is 1.22 bits per heavy atom. The Morgan fingerprint density at radius 1 is 0.446 bits per heavy atom. The Bertz CT molecular complexity index is 1070. The highest BCUT2D eigenvalue weighted by molar-refractivity contribution is 5.77. The summed E-state index contributed by atoms with van der Waals surface area (Å²) in [5, 5.41) is 23.8. The third kappa shape index (κ3) is 48.3. The van der Waals surface area contributed by atoms with Gasteiger partial charge in [-0.05, 0) is 83.5 Å². The number of ether oxygens (including phenoxy) is 1. The number of carbonyl (C=O) groups is 2. The zero-order valence-corrected chi connectivity index (χ0v) is 43.6. The zero-order chi connectivity index (χ0) is 47.4. The van der Waals surface area contributed by atoms with E-state index in [0.717, 1.165) is 70.6 Å². The minimum absolute atomic E-state index is 0.0703. The number of aliphatic hydroxyl groups is 2. The number of hydrogen-bond donors (Lipinski definition) is 3. The molecule has 0 aliphatic heterocycles. The van der Waals surface area contributed by atoms with Gasteiger partial charge in [-0.15, -0.1) is 0 Å². The summed E-state index contributed by atoms with van der Waals surface area (Å²) in [6.45, 7) is 6.47. The van der Waals surface area contributed by atoms with Gasteiger partial charge in [0.2, 0.25) is 5.91 Å². The van der Waals surface area contributed by atoms with Crippen molar-refractivity contribution in [2.45, 2.75) is 322 Å². The molecule has 0 fully saturated rings. The summed E-state index contributed by atoms with van der Waals surface area (Å²) in [6.07, 6.45) is 63.5. The van der Waals surface area contributed by atoms with Gasteiger partial charge in [0.15, 0.2) is 0 Å². The molecule has 0 aromatic rings. The third-order valence-corrected chi connectivity index (χ3v) is 13.2. The first-order valence-electron chi connectivity index (χ1n) is 28.7. The number of carbonyl (C=O) groups excluding carboxylic acids is 2. The highest BCUT2D eigenvalue weighted by Crippen LogP contribution is 2.18. The molecule has 0 aliphatic rings. The summed E-state index contributed by atoms with van der Waals surface area (Å²) in [7, 11) is 0. The molecule has 65 heavy (non-hydrogen) atoms. The monoisotopic (exact) mass is 914 g/mol. The van der Waals surface area contributed by atoms with Crippen molar-refractivity contribution in [3.63, 3.8) is 0 Å². The molecule has 0 aromatic heterocycles. The molecule has 0 aliphatic carbocycles. The minimum Gasteiger partial charge on any atom is -0.462 e. The van der Waals surface area contributed by atoms with Crippen molar-refractivity contribution < 1.29 is 24.5 Å². The molecule has 0 rings (SSSR count). The molecule has 0 saturated heterocycles. The lowest BCUT2D eigenvalue weighted by Crippen LogP contribution is -2.46. The summed E-state index contributed by atoms with van der Waals surface area (Å²) in [4.78, 5) is 26.3. The second-order valence-corrected chi connectivity index (χ2v) is 19.7. The molecule has 3 atom stereocenters. The van der Waals surface area contributed by atoms with Crippen LogP contribution in [0.25, 0.3) is 0 Å². The van der Waals surface area contributed by atoms with E-state index in [1.165, 1.54) is 186 Å². The summed E-state index contributed by atoms with van der Waals surface area (Å²) in [5.41, 5.74) is 0. The number of esters is 1. The predicted octanol–water partition coefficient (Wildman–Crippen LogP) is 17.6. The first-order valence-corrected chi connectivity index (χ1v) is 28.7. The minimum atomic E-state index is -0.790. The molecular formula is C59H111NO5. The van der Waals surface area contributed by atoms with Crippen LogP contribution in [0.1, 0.15) is 303 Å². The van der Waals surface area contributed by atoms with Crippen LogP contribution in [0.2, 0.25) is 0 Å². The van der Waals surface area contributed by atoms with E-state index in [0.29, 0.717) is 19.3 Å². The van der Waals surface area contributed by atoms with E-state index in [1.54, 1.807) is 0 Å². The maximum absolute atomic E-state index is 13.2. The van der Waals surface area contributed by atoms with Crippen molar-refractivity contribution in [2.75, 3.05) is 6.61 Å². The van der Waals surface area contributed by atoms with Crippen LogP contribution in [0.3, 0.4) is 0 Å². The van der Waals surface area contributed by atoms with Gasteiger partial charge < -0.3 is 20.3 Å². The average molecular weight is 915 g/mol. The maximum atomic E-state index is 13.2. The average Bonchev–Trinajstić information content (AvgIpc) is 3.30. The van der Waals surface area contributed by atoms with Gasteiger partial charge in [0.1, 0.15) is 6.10 Å². The largest absolute Gasteiger partial charge is 0.462 e. The van der Waals surface area contributed by atoms with Crippen LogP contribution in [0, 0.1) is 0 Å². The lowest BCUT2D eigenvalue weighted by Gasteiger charge is -2.24. The SMILES string of the molecule is CCCCC/C=C\C/C=C\CCCCCCCC(CC(=O)NC(CO)C(O)CCCCCCCCCCCCCC)OC(=O)CCCCCCCCCCC/C=C/CCCCCCCC. The summed E-state index contributed by atoms with van der Waals surface area (Å²) < 4.78 is 5.96. The number of nitrogens with one attached hydrogen (secondary N) is 1. The van der Waals surface area contributed by atoms with Gasteiger partial charge in [0.05, 0.1) is 25.2 Å². The van der Waals surface area contributed by atoms with Gasteiger partial charge in [-0.1, -0.05) is 243 Å². The molecule has 6 heteroatoms. The number of allylic oxidation sites excluding steroid dienone is 6. The van der Waals surface area contributed by atoms with Crippen molar-refractivity contribution in [1.29, 1.82) is 0 Å². The number of aliphatic hydroxyl groups excluding tert-OH is 2. The van der Waals surface area contributed by atoms with Crippen LogP contribution < -0.4 is 5.32 Å². The normalized spacial score (nSPS) is 13.4. The third-order valence-electron chi connectivity index (χ3n) is 13.2. The van der Waals surface area contributed by atoms with Gasteiger partial charge >= 0.3 is 5.97 Å². The number of rotatable bonds is 52. The Hall–Kier alpha value is -1.92. The fraction of sp³-hybridized carbons (Fsp3) is 0.864. The van der Waals surface area contributed by atoms with Crippen molar-refractivity contribution in [3.05, 3.63) is 36.5 Å². The Kier molecular flexibility index (Phi) is 51.5. The first-order chi connectivity index (χ1) is 32.0. The first kappa shape index (κ1) is 63.1. The van der Waals surface area contributed by atoms with Crippen LogP contribution in [0.5, 0.6) is 0 Å². The number of unbranched alkanes of at least 4 members (excludes halogenated alkanes) is 34. The van der Waals surface area contributed by atoms with E-state index < -0.39 is 18.2 Å². The predicted molar refractivity (Wildman–Crippen MR) is 282 cm³/mol. The van der Waals surface area contributed by atoms with E-state index in [9.17, 15) is 19.8 Å². The summed E-state index contributed by atoms with van der Waals surface area (Å²) >= 11 is 0. The van der Waals surface area contributed by atoms with Gasteiger partial charge in [0.25, 0.3) is 0 Å². The fourth-order valence-electron chi connectivity index (χ4n) is 8.81. The number of amides is 1. The van der Waals surface area contributed by atoms with Crippen molar-refractivity contribution >= 4 is 11.9 Å². The quantitative estimate of drug-likeness (QED) is 0.0321. The molecule has 6 nitrogen and oxygen atoms in total. The van der Waals surface area contributed by atoms with E-state index in [1.807, 2.05) is 0 Å². The molecular weight excluding hydrogens is 803 g/mol. The molecule has 1 amide bonds. The van der Waals surface area contributed by atoms with Crippen LogP contribution >= 0.6 is 0 Å². The molecule has 0 spiro atoms. The Labute approximate surface area is 404 Å². The molecule has 0 aromatic carbocycles. The zero-order valence-electron chi connectivity index (χ0n) is 43.6. The topological polar surface area (TPSA) is 95.9 Å². The second-order valence-electron chi connectivity index (χ2n) is 19.7. The summed E-state index contributed by atoms with van der Waals surface area (Å²) in [5.74, 6) is -0.477. The van der Waals surface area contributed by atoms with Gasteiger partial charge in [0, 0.05) is 6.42 Å². The molecule has 0 bridgehead atoms. The Balaban J connectivity index is 4.54.